The lowest BCUT2D eigenvalue weighted by molar-refractivity contribution is 0.299. The standard InChI is InChI=1S/C13H19N3OS/c1-9(2)14-5-4-6-17-13-12-11(15-8-16-13)10(3)7-18-12/h7-9,14H,4-6H2,1-3H3. The molecule has 0 saturated heterocycles. The largest absolute Gasteiger partial charge is 0.477 e. The van der Waals surface area contributed by atoms with Crippen LogP contribution in [0.5, 0.6) is 5.88 Å². The van der Waals surface area contributed by atoms with E-state index in [1.54, 1.807) is 17.7 Å². The summed E-state index contributed by atoms with van der Waals surface area (Å²) in [6.07, 6.45) is 2.55. The zero-order valence-corrected chi connectivity index (χ0v) is 11.9. The molecule has 0 aliphatic heterocycles. The van der Waals surface area contributed by atoms with Crippen LogP contribution in [0, 0.1) is 6.92 Å². The molecule has 0 bridgehead atoms. The van der Waals surface area contributed by atoms with Gasteiger partial charge in [0.05, 0.1) is 12.1 Å². The Morgan fingerprint density at radius 2 is 2.22 bits per heavy atom. The van der Waals surface area contributed by atoms with Gasteiger partial charge in [-0.15, -0.1) is 11.3 Å². The Labute approximate surface area is 111 Å². The van der Waals surface area contributed by atoms with Crippen LogP contribution in [0.3, 0.4) is 0 Å². The summed E-state index contributed by atoms with van der Waals surface area (Å²) in [6.45, 7) is 7.99. The van der Waals surface area contributed by atoms with E-state index in [1.807, 2.05) is 0 Å². The van der Waals surface area contributed by atoms with E-state index in [1.165, 1.54) is 5.56 Å². The van der Waals surface area contributed by atoms with E-state index >= 15 is 0 Å². The predicted octanol–water partition coefficient (Wildman–Crippen LogP) is 2.77. The van der Waals surface area contributed by atoms with Crippen molar-refractivity contribution in [2.75, 3.05) is 13.2 Å². The minimum Gasteiger partial charge on any atom is -0.477 e. The number of thiophene rings is 1. The van der Waals surface area contributed by atoms with Gasteiger partial charge in [-0.25, -0.2) is 9.97 Å². The Morgan fingerprint density at radius 3 is 3.00 bits per heavy atom. The molecule has 0 fully saturated rings. The predicted molar refractivity (Wildman–Crippen MR) is 75.4 cm³/mol. The number of rotatable bonds is 6. The van der Waals surface area contributed by atoms with Crippen LogP contribution in [-0.4, -0.2) is 29.2 Å². The third kappa shape index (κ3) is 3.17. The number of hydrogen-bond acceptors (Lipinski definition) is 5. The van der Waals surface area contributed by atoms with E-state index in [-0.39, 0.29) is 0 Å². The van der Waals surface area contributed by atoms with Gasteiger partial charge in [0, 0.05) is 6.04 Å². The molecule has 2 rings (SSSR count). The highest BCUT2D eigenvalue weighted by Gasteiger charge is 2.08. The zero-order chi connectivity index (χ0) is 13.0. The highest BCUT2D eigenvalue weighted by atomic mass is 32.1. The number of nitrogens with zero attached hydrogens (tertiary/aromatic N) is 2. The molecule has 2 heterocycles. The van der Waals surface area contributed by atoms with Gasteiger partial charge in [0.25, 0.3) is 0 Å². The summed E-state index contributed by atoms with van der Waals surface area (Å²) in [7, 11) is 0. The summed E-state index contributed by atoms with van der Waals surface area (Å²) in [6, 6.07) is 0.524. The Bertz CT molecular complexity index is 510. The first-order valence-electron chi connectivity index (χ1n) is 6.23. The fourth-order valence-corrected chi connectivity index (χ4v) is 2.63. The molecule has 0 aliphatic carbocycles. The summed E-state index contributed by atoms with van der Waals surface area (Å²) in [5.74, 6) is 0.711. The molecule has 0 amide bonds. The first-order valence-corrected chi connectivity index (χ1v) is 7.11. The molecule has 98 valence electrons. The SMILES string of the molecule is Cc1csc2c(OCCCNC(C)C)ncnc12. The van der Waals surface area contributed by atoms with Gasteiger partial charge < -0.3 is 10.1 Å². The van der Waals surface area contributed by atoms with E-state index in [0.717, 1.165) is 23.2 Å². The van der Waals surface area contributed by atoms with Crippen LogP contribution in [0.15, 0.2) is 11.7 Å². The van der Waals surface area contributed by atoms with Crippen LogP contribution < -0.4 is 10.1 Å². The molecule has 0 aliphatic rings. The van der Waals surface area contributed by atoms with Crippen LogP contribution in [0.1, 0.15) is 25.8 Å². The number of aromatic nitrogens is 2. The van der Waals surface area contributed by atoms with Crippen molar-refractivity contribution in [1.29, 1.82) is 0 Å². The fraction of sp³-hybridized carbons (Fsp3) is 0.538. The maximum absolute atomic E-state index is 5.73. The van der Waals surface area contributed by atoms with Crippen LogP contribution in [0.2, 0.25) is 0 Å². The van der Waals surface area contributed by atoms with Crippen LogP contribution >= 0.6 is 11.3 Å². The lowest BCUT2D eigenvalue weighted by Gasteiger charge is -2.08. The number of ether oxygens (including phenoxy) is 1. The molecule has 4 nitrogen and oxygen atoms in total. The first kappa shape index (κ1) is 13.2. The van der Waals surface area contributed by atoms with Gasteiger partial charge in [-0.05, 0) is 30.8 Å². The summed E-state index contributed by atoms with van der Waals surface area (Å²) < 4.78 is 6.78. The van der Waals surface area contributed by atoms with Gasteiger partial charge in [0.2, 0.25) is 5.88 Å². The van der Waals surface area contributed by atoms with Crippen molar-refractivity contribution in [3.05, 3.63) is 17.3 Å². The third-order valence-electron chi connectivity index (χ3n) is 2.61. The van der Waals surface area contributed by atoms with Crippen molar-refractivity contribution >= 4 is 21.6 Å². The lowest BCUT2D eigenvalue weighted by Crippen LogP contribution is -2.24. The lowest BCUT2D eigenvalue weighted by atomic mass is 10.3. The molecule has 0 spiro atoms. The van der Waals surface area contributed by atoms with E-state index in [9.17, 15) is 0 Å². The van der Waals surface area contributed by atoms with Crippen LogP contribution in [0.4, 0.5) is 0 Å². The number of hydrogen-bond donors (Lipinski definition) is 1. The van der Waals surface area contributed by atoms with Gasteiger partial charge in [-0.1, -0.05) is 13.8 Å². The topological polar surface area (TPSA) is 47.0 Å². The van der Waals surface area contributed by atoms with E-state index < -0.39 is 0 Å². The molecule has 0 atom stereocenters. The molecular formula is C13H19N3OS. The normalized spacial score (nSPS) is 11.3. The molecule has 5 heteroatoms. The number of aryl methyl sites for hydroxylation is 1. The number of nitrogens with one attached hydrogen (secondary N) is 1. The fourth-order valence-electron chi connectivity index (χ4n) is 1.68. The monoisotopic (exact) mass is 265 g/mol. The second kappa shape index (κ2) is 6.11. The molecule has 2 aromatic rings. The van der Waals surface area contributed by atoms with Crippen molar-refractivity contribution in [3.63, 3.8) is 0 Å². The van der Waals surface area contributed by atoms with E-state index in [2.05, 4.69) is 41.4 Å². The first-order chi connectivity index (χ1) is 8.68. The van der Waals surface area contributed by atoms with Crippen molar-refractivity contribution in [2.45, 2.75) is 33.2 Å². The summed E-state index contributed by atoms with van der Waals surface area (Å²) in [5, 5.41) is 5.45. The van der Waals surface area contributed by atoms with Gasteiger partial charge in [0.1, 0.15) is 11.0 Å². The highest BCUT2D eigenvalue weighted by Crippen LogP contribution is 2.29. The molecule has 1 N–H and O–H groups in total. The van der Waals surface area contributed by atoms with Gasteiger partial charge in [0.15, 0.2) is 0 Å². The Balaban J connectivity index is 1.92. The average Bonchev–Trinajstić information content (AvgIpc) is 2.71. The third-order valence-corrected chi connectivity index (χ3v) is 3.69. The van der Waals surface area contributed by atoms with Crippen molar-refractivity contribution in [1.82, 2.24) is 15.3 Å². The molecule has 0 radical (unpaired) electrons. The second-order valence-corrected chi connectivity index (χ2v) is 5.47. The van der Waals surface area contributed by atoms with Crippen molar-refractivity contribution in [3.8, 4) is 5.88 Å². The zero-order valence-electron chi connectivity index (χ0n) is 11.1. The average molecular weight is 265 g/mol. The van der Waals surface area contributed by atoms with Gasteiger partial charge in [-0.3, -0.25) is 0 Å². The minimum atomic E-state index is 0.524. The molecule has 18 heavy (non-hydrogen) atoms. The summed E-state index contributed by atoms with van der Waals surface area (Å²) in [5.41, 5.74) is 2.19. The molecule has 0 unspecified atom stereocenters. The van der Waals surface area contributed by atoms with Crippen LogP contribution in [0.25, 0.3) is 10.2 Å². The van der Waals surface area contributed by atoms with E-state index in [0.29, 0.717) is 18.5 Å². The van der Waals surface area contributed by atoms with Crippen molar-refractivity contribution in [2.24, 2.45) is 0 Å². The van der Waals surface area contributed by atoms with Gasteiger partial charge >= 0.3 is 0 Å². The van der Waals surface area contributed by atoms with Gasteiger partial charge in [-0.2, -0.15) is 0 Å². The quantitative estimate of drug-likeness (QED) is 0.816. The second-order valence-electron chi connectivity index (χ2n) is 4.59. The van der Waals surface area contributed by atoms with Crippen LogP contribution in [-0.2, 0) is 0 Å². The maximum atomic E-state index is 5.73. The van der Waals surface area contributed by atoms with E-state index in [4.69, 9.17) is 4.74 Å². The maximum Gasteiger partial charge on any atom is 0.234 e. The Morgan fingerprint density at radius 1 is 1.39 bits per heavy atom. The Hall–Kier alpha value is -1.20. The highest BCUT2D eigenvalue weighted by molar-refractivity contribution is 7.17. The van der Waals surface area contributed by atoms with Crippen molar-refractivity contribution < 1.29 is 4.74 Å². The minimum absolute atomic E-state index is 0.524. The Kier molecular flexibility index (Phi) is 4.49. The molecular weight excluding hydrogens is 246 g/mol. The summed E-state index contributed by atoms with van der Waals surface area (Å²) in [4.78, 5) is 8.49. The molecule has 0 aromatic carbocycles. The molecule has 2 aromatic heterocycles. The summed E-state index contributed by atoms with van der Waals surface area (Å²) >= 11 is 1.64. The number of fused-ring (bicyclic) bond motifs is 1. The smallest absolute Gasteiger partial charge is 0.234 e. The molecule has 0 saturated carbocycles.